The molecular weight excluding hydrogens is 753 g/mol. The second kappa shape index (κ2) is 13.6. The highest BCUT2D eigenvalue weighted by Crippen LogP contribution is 2.45. The fraction of sp³-hybridized carbons (Fsp3) is 0. The van der Waals surface area contributed by atoms with Crippen molar-refractivity contribution in [2.75, 3.05) is 0 Å². The van der Waals surface area contributed by atoms with Crippen LogP contribution in [-0.2, 0) is 0 Å². The Labute approximate surface area is 357 Å². The summed E-state index contributed by atoms with van der Waals surface area (Å²) in [6.45, 7) is 0. The molecule has 0 amide bonds. The predicted octanol–water partition coefficient (Wildman–Crippen LogP) is 15.1. The summed E-state index contributed by atoms with van der Waals surface area (Å²) in [6.07, 6.45) is 0. The number of benzene rings is 10. The van der Waals surface area contributed by atoms with Crippen LogP contribution in [0.25, 0.3) is 121 Å². The Morgan fingerprint density at radius 1 is 0.274 bits per heavy atom. The van der Waals surface area contributed by atoms with Gasteiger partial charge in [0.05, 0.1) is 44.5 Å². The predicted molar refractivity (Wildman–Crippen MR) is 260 cm³/mol. The minimum Gasteiger partial charge on any atom is -0.309 e. The van der Waals surface area contributed by atoms with Gasteiger partial charge in [-0.1, -0.05) is 164 Å². The van der Waals surface area contributed by atoms with Gasteiger partial charge in [0.1, 0.15) is 0 Å². The molecule has 0 bridgehead atoms. The van der Waals surface area contributed by atoms with Gasteiger partial charge in [-0.2, -0.15) is 0 Å². The zero-order chi connectivity index (χ0) is 40.7. The van der Waals surface area contributed by atoms with Gasteiger partial charge in [0.2, 0.25) is 0 Å². The van der Waals surface area contributed by atoms with E-state index in [0.717, 1.165) is 61.6 Å². The number of aromatic nitrogens is 4. The number of hydrogen-bond donors (Lipinski definition) is 0. The Morgan fingerprint density at radius 2 is 0.806 bits per heavy atom. The van der Waals surface area contributed by atoms with Crippen LogP contribution in [-0.4, -0.2) is 19.1 Å². The fourth-order valence-electron chi connectivity index (χ4n) is 9.91. The molecule has 0 aliphatic rings. The van der Waals surface area contributed by atoms with E-state index < -0.39 is 0 Å². The molecule has 0 atom stereocenters. The van der Waals surface area contributed by atoms with Crippen LogP contribution in [0.5, 0.6) is 0 Å². The van der Waals surface area contributed by atoms with Crippen molar-refractivity contribution in [2.24, 2.45) is 0 Å². The van der Waals surface area contributed by atoms with Gasteiger partial charge in [-0.25, -0.2) is 9.97 Å². The van der Waals surface area contributed by atoms with E-state index in [0.29, 0.717) is 0 Å². The van der Waals surface area contributed by atoms with E-state index in [4.69, 9.17) is 9.97 Å². The van der Waals surface area contributed by atoms with Gasteiger partial charge < -0.3 is 9.13 Å². The number of hydrogen-bond acceptors (Lipinski definition) is 2. The first kappa shape index (κ1) is 34.5. The molecule has 13 rings (SSSR count). The SMILES string of the molecule is c1ccc(-c2nc3ccc(-c4cccc(-n5c6ccccc6c6cc7c8c9ccccc9c9ccccc9c8n(-c8ccccc8)c7cc65)c4)cc3nc2-c2ccccc2)cc1. The fourth-order valence-corrected chi connectivity index (χ4v) is 9.91. The molecule has 13 aromatic rings. The lowest BCUT2D eigenvalue weighted by Crippen LogP contribution is -1.97. The van der Waals surface area contributed by atoms with Gasteiger partial charge in [-0.15, -0.1) is 0 Å². The largest absolute Gasteiger partial charge is 0.309 e. The van der Waals surface area contributed by atoms with E-state index in [2.05, 4.69) is 215 Å². The van der Waals surface area contributed by atoms with E-state index >= 15 is 0 Å². The van der Waals surface area contributed by atoms with Gasteiger partial charge in [-0.3, -0.25) is 0 Å². The van der Waals surface area contributed by atoms with Crippen molar-refractivity contribution in [2.45, 2.75) is 0 Å². The van der Waals surface area contributed by atoms with Crippen LogP contribution >= 0.6 is 0 Å². The summed E-state index contributed by atoms with van der Waals surface area (Å²) in [7, 11) is 0. The third kappa shape index (κ3) is 5.20. The minimum absolute atomic E-state index is 0.861. The number of rotatable bonds is 5. The maximum Gasteiger partial charge on any atom is 0.0973 e. The molecule has 10 aromatic carbocycles. The topological polar surface area (TPSA) is 35.6 Å². The van der Waals surface area contributed by atoms with Crippen molar-refractivity contribution in [1.82, 2.24) is 19.1 Å². The molecule has 288 valence electrons. The highest BCUT2D eigenvalue weighted by Gasteiger charge is 2.22. The van der Waals surface area contributed by atoms with Gasteiger partial charge >= 0.3 is 0 Å². The van der Waals surface area contributed by atoms with Gasteiger partial charge in [-0.05, 0) is 81.9 Å². The highest BCUT2D eigenvalue weighted by molar-refractivity contribution is 6.33. The number of fused-ring (bicyclic) bond motifs is 12. The van der Waals surface area contributed by atoms with Crippen LogP contribution in [0.15, 0.2) is 218 Å². The molecule has 0 N–H and O–H groups in total. The zero-order valence-corrected chi connectivity index (χ0v) is 33.6. The van der Waals surface area contributed by atoms with Crippen LogP contribution in [0, 0.1) is 0 Å². The summed E-state index contributed by atoms with van der Waals surface area (Å²) in [5.41, 5.74) is 14.8. The Morgan fingerprint density at radius 3 is 1.53 bits per heavy atom. The van der Waals surface area contributed by atoms with Crippen molar-refractivity contribution in [3.8, 4) is 45.0 Å². The average Bonchev–Trinajstić information content (AvgIpc) is 3.86. The van der Waals surface area contributed by atoms with E-state index in [9.17, 15) is 0 Å². The van der Waals surface area contributed by atoms with Gasteiger partial charge in [0, 0.05) is 49.4 Å². The van der Waals surface area contributed by atoms with Crippen LogP contribution in [0.3, 0.4) is 0 Å². The smallest absolute Gasteiger partial charge is 0.0973 e. The molecule has 62 heavy (non-hydrogen) atoms. The Hall–Kier alpha value is -8.34. The molecule has 3 heterocycles. The van der Waals surface area contributed by atoms with Crippen molar-refractivity contribution in [1.29, 1.82) is 0 Å². The Kier molecular flexibility index (Phi) is 7.57. The molecule has 0 aliphatic heterocycles. The quantitative estimate of drug-likeness (QED) is 0.163. The summed E-state index contributed by atoms with van der Waals surface area (Å²) in [6, 6.07) is 78.4. The normalized spacial score (nSPS) is 11.9. The van der Waals surface area contributed by atoms with Crippen molar-refractivity contribution < 1.29 is 0 Å². The zero-order valence-electron chi connectivity index (χ0n) is 33.6. The summed E-state index contributed by atoms with van der Waals surface area (Å²) >= 11 is 0. The van der Waals surface area contributed by atoms with Gasteiger partial charge in [0.15, 0.2) is 0 Å². The second-order valence-electron chi connectivity index (χ2n) is 16.1. The third-order valence-corrected chi connectivity index (χ3v) is 12.6. The molecule has 0 saturated heterocycles. The molecule has 0 fully saturated rings. The molecule has 0 spiro atoms. The molecule has 4 heteroatoms. The Balaban J connectivity index is 1.05. The third-order valence-electron chi connectivity index (χ3n) is 12.6. The first-order chi connectivity index (χ1) is 30.8. The first-order valence-corrected chi connectivity index (χ1v) is 21.2. The summed E-state index contributed by atoms with van der Waals surface area (Å²) in [4.78, 5) is 10.5. The molecule has 0 radical (unpaired) electrons. The molecule has 0 unspecified atom stereocenters. The first-order valence-electron chi connectivity index (χ1n) is 21.2. The molecular formula is C58H36N4. The van der Waals surface area contributed by atoms with E-state index in [1.165, 1.54) is 59.6 Å². The standard InChI is InChI=1S/C58H36N4/c1-4-17-37(18-5-1)56-57(38-19-6-2-7-20-38)60-51-34-40(31-32-50(51)59-56)39-21-16-24-42(33-39)61-52-30-15-14-27-45(52)48-35-49-54(36-53(48)61)62(41-22-8-3-9-23-41)58-47-29-13-11-26-44(47)43-25-10-12-28-46(43)55(49)58/h1-36H. The lowest BCUT2D eigenvalue weighted by atomic mass is 9.96. The molecule has 3 aromatic heterocycles. The van der Waals surface area contributed by atoms with Crippen molar-refractivity contribution in [3.63, 3.8) is 0 Å². The van der Waals surface area contributed by atoms with Gasteiger partial charge in [0.25, 0.3) is 0 Å². The average molecular weight is 789 g/mol. The minimum atomic E-state index is 0.861. The highest BCUT2D eigenvalue weighted by atomic mass is 15.0. The summed E-state index contributed by atoms with van der Waals surface area (Å²) < 4.78 is 4.93. The van der Waals surface area contributed by atoms with Crippen molar-refractivity contribution in [3.05, 3.63) is 218 Å². The van der Waals surface area contributed by atoms with E-state index in [1.807, 2.05) is 12.1 Å². The van der Waals surface area contributed by atoms with E-state index in [1.54, 1.807) is 0 Å². The molecule has 0 saturated carbocycles. The number of nitrogens with zero attached hydrogens (tertiary/aromatic N) is 4. The summed E-state index contributed by atoms with van der Waals surface area (Å²) in [5.74, 6) is 0. The Bertz CT molecular complexity index is 3900. The van der Waals surface area contributed by atoms with Crippen LogP contribution < -0.4 is 0 Å². The lowest BCUT2D eigenvalue weighted by Gasteiger charge is -2.13. The van der Waals surface area contributed by atoms with Crippen LogP contribution in [0.4, 0.5) is 0 Å². The van der Waals surface area contributed by atoms with E-state index in [-0.39, 0.29) is 0 Å². The van der Waals surface area contributed by atoms with Crippen LogP contribution in [0.1, 0.15) is 0 Å². The summed E-state index contributed by atoms with van der Waals surface area (Å²) in [5, 5.41) is 10.0. The number of para-hydroxylation sites is 2. The maximum absolute atomic E-state index is 5.31. The van der Waals surface area contributed by atoms with Crippen LogP contribution in [0.2, 0.25) is 0 Å². The second-order valence-corrected chi connectivity index (χ2v) is 16.1. The van der Waals surface area contributed by atoms with Crippen molar-refractivity contribution >= 4 is 76.2 Å². The molecule has 4 nitrogen and oxygen atoms in total. The molecule has 0 aliphatic carbocycles. The monoisotopic (exact) mass is 788 g/mol. The lowest BCUT2D eigenvalue weighted by molar-refractivity contribution is 1.17. The maximum atomic E-state index is 5.31.